The second-order valence-electron chi connectivity index (χ2n) is 3.52. The van der Waals surface area contributed by atoms with Crippen LogP contribution in [0.3, 0.4) is 0 Å². The van der Waals surface area contributed by atoms with Crippen molar-refractivity contribution in [2.45, 2.75) is 6.04 Å². The number of aromatic nitrogens is 2. The van der Waals surface area contributed by atoms with E-state index in [-0.39, 0.29) is 11.9 Å². The minimum atomic E-state index is -0.269. The molecule has 2 rings (SSSR count). The van der Waals surface area contributed by atoms with Crippen molar-refractivity contribution in [1.82, 2.24) is 15.3 Å². The van der Waals surface area contributed by atoms with E-state index in [4.69, 9.17) is 0 Å². The van der Waals surface area contributed by atoms with Crippen LogP contribution in [-0.4, -0.2) is 17.0 Å². The van der Waals surface area contributed by atoms with Crippen molar-refractivity contribution < 1.29 is 4.39 Å². The van der Waals surface area contributed by atoms with Crippen molar-refractivity contribution in [1.29, 1.82) is 0 Å². The zero-order valence-corrected chi connectivity index (χ0v) is 10.8. The third kappa shape index (κ3) is 2.68. The highest BCUT2D eigenvalue weighted by molar-refractivity contribution is 9.10. The third-order valence-electron chi connectivity index (χ3n) is 2.44. The van der Waals surface area contributed by atoms with E-state index < -0.39 is 0 Å². The van der Waals surface area contributed by atoms with E-state index in [1.54, 1.807) is 24.7 Å². The molecule has 1 N–H and O–H groups in total. The Labute approximate surface area is 107 Å². The summed E-state index contributed by atoms with van der Waals surface area (Å²) < 4.78 is 13.7. The van der Waals surface area contributed by atoms with E-state index in [2.05, 4.69) is 31.2 Å². The lowest BCUT2D eigenvalue weighted by atomic mass is 10.0. The molecule has 0 amide bonds. The smallest absolute Gasteiger partial charge is 0.124 e. The molecule has 5 heteroatoms. The highest BCUT2D eigenvalue weighted by atomic mass is 79.9. The summed E-state index contributed by atoms with van der Waals surface area (Å²) in [6.07, 6.45) is 4.95. The van der Waals surface area contributed by atoms with Crippen LogP contribution in [-0.2, 0) is 0 Å². The largest absolute Gasteiger partial charge is 0.308 e. The van der Waals surface area contributed by atoms with Gasteiger partial charge in [0.1, 0.15) is 5.82 Å². The standard InChI is InChI=1S/C12H11BrFN3/c1-15-12(11-7-16-4-5-17-11)9-3-2-8(14)6-10(9)13/h2-7,12,15H,1H3. The van der Waals surface area contributed by atoms with Crippen LogP contribution in [0.25, 0.3) is 0 Å². The first kappa shape index (κ1) is 12.1. The van der Waals surface area contributed by atoms with Crippen LogP contribution < -0.4 is 5.32 Å². The number of hydrogen-bond acceptors (Lipinski definition) is 3. The van der Waals surface area contributed by atoms with Gasteiger partial charge in [-0.2, -0.15) is 0 Å². The first-order valence-corrected chi connectivity index (χ1v) is 5.90. The SMILES string of the molecule is CNC(c1cnccn1)c1ccc(F)cc1Br. The molecular weight excluding hydrogens is 285 g/mol. The van der Waals surface area contributed by atoms with Gasteiger partial charge in [-0.3, -0.25) is 9.97 Å². The number of benzene rings is 1. The number of nitrogens with zero attached hydrogens (tertiary/aromatic N) is 2. The van der Waals surface area contributed by atoms with E-state index in [1.807, 2.05) is 7.05 Å². The molecule has 0 aliphatic rings. The van der Waals surface area contributed by atoms with Gasteiger partial charge in [0.25, 0.3) is 0 Å². The fourth-order valence-electron chi connectivity index (χ4n) is 1.66. The Bertz CT molecular complexity index is 504. The Balaban J connectivity index is 2.42. The number of hydrogen-bond donors (Lipinski definition) is 1. The number of rotatable bonds is 3. The van der Waals surface area contributed by atoms with Crippen LogP contribution in [0.5, 0.6) is 0 Å². The zero-order chi connectivity index (χ0) is 12.3. The van der Waals surface area contributed by atoms with Crippen LogP contribution >= 0.6 is 15.9 Å². The molecule has 17 heavy (non-hydrogen) atoms. The van der Waals surface area contributed by atoms with Crippen molar-refractivity contribution in [3.63, 3.8) is 0 Å². The molecule has 3 nitrogen and oxygen atoms in total. The first-order chi connectivity index (χ1) is 8.22. The van der Waals surface area contributed by atoms with Gasteiger partial charge in [0, 0.05) is 16.9 Å². The van der Waals surface area contributed by atoms with Crippen LogP contribution in [0, 0.1) is 5.82 Å². The van der Waals surface area contributed by atoms with Gasteiger partial charge in [0.05, 0.1) is 17.9 Å². The molecule has 1 atom stereocenters. The third-order valence-corrected chi connectivity index (χ3v) is 3.13. The molecule has 1 aromatic heterocycles. The molecule has 0 radical (unpaired) electrons. The summed E-state index contributed by atoms with van der Waals surface area (Å²) in [5.41, 5.74) is 1.72. The van der Waals surface area contributed by atoms with Gasteiger partial charge in [-0.05, 0) is 24.7 Å². The van der Waals surface area contributed by atoms with Gasteiger partial charge in [0.15, 0.2) is 0 Å². The highest BCUT2D eigenvalue weighted by Gasteiger charge is 2.16. The first-order valence-electron chi connectivity index (χ1n) is 5.10. The Morgan fingerprint density at radius 1 is 1.35 bits per heavy atom. The van der Waals surface area contributed by atoms with Crippen LogP contribution in [0.15, 0.2) is 41.3 Å². The van der Waals surface area contributed by atoms with E-state index in [0.717, 1.165) is 11.3 Å². The van der Waals surface area contributed by atoms with Gasteiger partial charge in [-0.15, -0.1) is 0 Å². The molecule has 1 unspecified atom stereocenters. The maximum absolute atomic E-state index is 13.0. The number of halogens is 2. The fraction of sp³-hybridized carbons (Fsp3) is 0.167. The summed E-state index contributed by atoms with van der Waals surface area (Å²) in [5.74, 6) is -0.269. The molecule has 0 saturated heterocycles. The normalized spacial score (nSPS) is 12.4. The minimum Gasteiger partial charge on any atom is -0.308 e. The summed E-state index contributed by atoms with van der Waals surface area (Å²) in [6, 6.07) is 4.49. The van der Waals surface area contributed by atoms with Crippen LogP contribution in [0.1, 0.15) is 17.3 Å². The zero-order valence-electron chi connectivity index (χ0n) is 9.19. The lowest BCUT2D eigenvalue weighted by Gasteiger charge is -2.17. The molecule has 1 heterocycles. The monoisotopic (exact) mass is 295 g/mol. The molecular formula is C12H11BrFN3. The molecule has 0 saturated carbocycles. The van der Waals surface area contributed by atoms with Crippen molar-refractivity contribution >= 4 is 15.9 Å². The molecule has 0 aliphatic carbocycles. The predicted octanol–water partition coefficient (Wildman–Crippen LogP) is 2.69. The molecule has 0 bridgehead atoms. The van der Waals surface area contributed by atoms with Gasteiger partial charge in [0.2, 0.25) is 0 Å². The topological polar surface area (TPSA) is 37.8 Å². The lowest BCUT2D eigenvalue weighted by molar-refractivity contribution is 0.619. The molecule has 2 aromatic rings. The molecule has 88 valence electrons. The van der Waals surface area contributed by atoms with Gasteiger partial charge < -0.3 is 5.32 Å². The molecule has 1 aromatic carbocycles. The molecule has 0 spiro atoms. The van der Waals surface area contributed by atoms with Crippen molar-refractivity contribution in [3.8, 4) is 0 Å². The van der Waals surface area contributed by atoms with Crippen LogP contribution in [0.4, 0.5) is 4.39 Å². The highest BCUT2D eigenvalue weighted by Crippen LogP contribution is 2.27. The molecule has 0 aliphatic heterocycles. The van der Waals surface area contributed by atoms with Gasteiger partial charge in [-0.25, -0.2) is 4.39 Å². The molecule has 0 fully saturated rings. The second kappa shape index (κ2) is 5.33. The van der Waals surface area contributed by atoms with Crippen molar-refractivity contribution in [2.24, 2.45) is 0 Å². The summed E-state index contributed by atoms with van der Waals surface area (Å²) in [4.78, 5) is 8.28. The minimum absolute atomic E-state index is 0.112. The van der Waals surface area contributed by atoms with Crippen molar-refractivity contribution in [3.05, 3.63) is 58.3 Å². The summed E-state index contributed by atoms with van der Waals surface area (Å²) >= 11 is 3.36. The summed E-state index contributed by atoms with van der Waals surface area (Å²) in [7, 11) is 1.83. The van der Waals surface area contributed by atoms with E-state index in [0.29, 0.717) is 4.47 Å². The quantitative estimate of drug-likeness (QED) is 0.946. The average Bonchev–Trinajstić information content (AvgIpc) is 2.34. The Hall–Kier alpha value is -1.33. The Kier molecular flexibility index (Phi) is 3.81. The average molecular weight is 296 g/mol. The lowest BCUT2D eigenvalue weighted by Crippen LogP contribution is -2.19. The maximum Gasteiger partial charge on any atom is 0.124 e. The fourth-order valence-corrected chi connectivity index (χ4v) is 2.24. The van der Waals surface area contributed by atoms with Gasteiger partial charge >= 0.3 is 0 Å². The van der Waals surface area contributed by atoms with Crippen molar-refractivity contribution in [2.75, 3.05) is 7.05 Å². The van der Waals surface area contributed by atoms with E-state index in [1.165, 1.54) is 12.1 Å². The summed E-state index contributed by atoms with van der Waals surface area (Å²) in [5, 5.41) is 3.14. The Morgan fingerprint density at radius 2 is 2.18 bits per heavy atom. The maximum atomic E-state index is 13.0. The van der Waals surface area contributed by atoms with E-state index in [9.17, 15) is 4.39 Å². The number of nitrogens with one attached hydrogen (secondary N) is 1. The van der Waals surface area contributed by atoms with Gasteiger partial charge in [-0.1, -0.05) is 22.0 Å². The summed E-state index contributed by atoms with van der Waals surface area (Å²) in [6.45, 7) is 0. The Morgan fingerprint density at radius 3 is 2.76 bits per heavy atom. The van der Waals surface area contributed by atoms with Crippen LogP contribution in [0.2, 0.25) is 0 Å². The second-order valence-corrected chi connectivity index (χ2v) is 4.37. The van der Waals surface area contributed by atoms with E-state index >= 15 is 0 Å². The predicted molar refractivity (Wildman–Crippen MR) is 67.0 cm³/mol.